The molecule has 2 rings (SSSR count). The molecular formula is C14H19N3O2. The molecule has 19 heavy (non-hydrogen) atoms. The molecular weight excluding hydrogens is 242 g/mol. The molecule has 1 saturated carbocycles. The normalized spacial score (nSPS) is 14.0. The molecule has 1 aliphatic carbocycles. The van der Waals surface area contributed by atoms with Gasteiger partial charge >= 0.3 is 0 Å². The zero-order chi connectivity index (χ0) is 13.8. The maximum atomic E-state index is 11.8. The first-order chi connectivity index (χ1) is 9.10. The highest BCUT2D eigenvalue weighted by atomic mass is 16.2. The van der Waals surface area contributed by atoms with Crippen LogP contribution in [0.25, 0.3) is 0 Å². The number of hydrogen-bond acceptors (Lipinski definition) is 3. The van der Waals surface area contributed by atoms with Gasteiger partial charge in [-0.15, -0.1) is 0 Å². The Balaban J connectivity index is 2.00. The summed E-state index contributed by atoms with van der Waals surface area (Å²) >= 11 is 0. The summed E-state index contributed by atoms with van der Waals surface area (Å²) in [5, 5.41) is 8.55. The molecule has 0 spiro atoms. The number of hydrogen-bond donors (Lipinski definition) is 3. The van der Waals surface area contributed by atoms with Gasteiger partial charge in [0.2, 0.25) is 5.91 Å². The molecule has 102 valence electrons. The van der Waals surface area contributed by atoms with Gasteiger partial charge in [-0.25, -0.2) is 0 Å². The highest BCUT2D eigenvalue weighted by Crippen LogP contribution is 2.19. The third kappa shape index (κ3) is 3.79. The summed E-state index contributed by atoms with van der Waals surface area (Å²) in [7, 11) is 1.58. The highest BCUT2D eigenvalue weighted by Gasteiger charge is 2.21. The minimum absolute atomic E-state index is 0.0796. The molecule has 5 heteroatoms. The van der Waals surface area contributed by atoms with Crippen LogP contribution in [-0.2, 0) is 4.79 Å². The molecule has 0 unspecified atom stereocenters. The average Bonchev–Trinajstić information content (AvgIpc) is 3.22. The van der Waals surface area contributed by atoms with Crippen LogP contribution in [0.5, 0.6) is 0 Å². The number of nitrogens with one attached hydrogen (secondary N) is 3. The fourth-order valence-corrected chi connectivity index (χ4v) is 1.76. The number of rotatable bonds is 5. The maximum Gasteiger partial charge on any atom is 0.251 e. The molecule has 1 aromatic rings. The Morgan fingerprint density at radius 2 is 2.05 bits per heavy atom. The topological polar surface area (TPSA) is 70.2 Å². The Hall–Kier alpha value is -1.88. The quantitative estimate of drug-likeness (QED) is 0.742. The summed E-state index contributed by atoms with van der Waals surface area (Å²) in [5.41, 5.74) is 2.16. The van der Waals surface area contributed by atoms with Gasteiger partial charge in [-0.1, -0.05) is 6.07 Å². The molecule has 0 aromatic heterocycles. The molecule has 3 N–H and O–H groups in total. The smallest absolute Gasteiger partial charge is 0.251 e. The van der Waals surface area contributed by atoms with E-state index in [4.69, 9.17) is 0 Å². The van der Waals surface area contributed by atoms with Crippen LogP contribution in [0.2, 0.25) is 0 Å². The van der Waals surface area contributed by atoms with Crippen LogP contribution in [0.4, 0.5) is 5.69 Å². The molecule has 0 aliphatic heterocycles. The molecule has 2 amide bonds. The second-order valence-electron chi connectivity index (χ2n) is 4.81. The van der Waals surface area contributed by atoms with Crippen molar-refractivity contribution in [3.8, 4) is 0 Å². The predicted octanol–water partition coefficient (Wildman–Crippen LogP) is 1.05. The van der Waals surface area contributed by atoms with E-state index in [1.807, 2.05) is 13.0 Å². The maximum absolute atomic E-state index is 11.8. The fourth-order valence-electron chi connectivity index (χ4n) is 1.76. The monoisotopic (exact) mass is 261 g/mol. The zero-order valence-corrected chi connectivity index (χ0v) is 11.2. The van der Waals surface area contributed by atoms with Crippen molar-refractivity contribution in [2.75, 3.05) is 18.9 Å². The average molecular weight is 261 g/mol. The van der Waals surface area contributed by atoms with Crippen LogP contribution >= 0.6 is 0 Å². The highest BCUT2D eigenvalue weighted by molar-refractivity contribution is 5.98. The summed E-state index contributed by atoms with van der Waals surface area (Å²) in [5.74, 6) is -0.240. The summed E-state index contributed by atoms with van der Waals surface area (Å²) in [6.07, 6.45) is 2.30. The summed E-state index contributed by atoms with van der Waals surface area (Å²) < 4.78 is 0. The first kappa shape index (κ1) is 13.5. The van der Waals surface area contributed by atoms with Crippen molar-refractivity contribution in [1.29, 1.82) is 0 Å². The van der Waals surface area contributed by atoms with Crippen molar-refractivity contribution in [3.05, 3.63) is 29.3 Å². The van der Waals surface area contributed by atoms with Gasteiger partial charge in [0.1, 0.15) is 0 Å². The third-order valence-electron chi connectivity index (χ3n) is 3.13. The van der Waals surface area contributed by atoms with Crippen LogP contribution in [0.15, 0.2) is 18.2 Å². The second kappa shape index (κ2) is 5.84. The predicted molar refractivity (Wildman–Crippen MR) is 74.2 cm³/mol. The van der Waals surface area contributed by atoms with Crippen molar-refractivity contribution in [3.63, 3.8) is 0 Å². The number of carbonyl (C=O) groups excluding carboxylic acids is 2. The first-order valence-corrected chi connectivity index (χ1v) is 6.46. The van der Waals surface area contributed by atoms with Gasteiger partial charge in [0, 0.05) is 24.3 Å². The van der Waals surface area contributed by atoms with Crippen LogP contribution in [0.3, 0.4) is 0 Å². The van der Waals surface area contributed by atoms with E-state index in [-0.39, 0.29) is 11.8 Å². The molecule has 1 fully saturated rings. The first-order valence-electron chi connectivity index (χ1n) is 6.46. The van der Waals surface area contributed by atoms with Gasteiger partial charge in [0.05, 0.1) is 6.54 Å². The lowest BCUT2D eigenvalue weighted by Gasteiger charge is -2.10. The summed E-state index contributed by atoms with van der Waals surface area (Å²) in [4.78, 5) is 23.3. The van der Waals surface area contributed by atoms with Crippen molar-refractivity contribution >= 4 is 17.5 Å². The van der Waals surface area contributed by atoms with Gasteiger partial charge in [0.15, 0.2) is 0 Å². The van der Waals surface area contributed by atoms with Crippen molar-refractivity contribution in [2.24, 2.45) is 0 Å². The number of aryl methyl sites for hydroxylation is 1. The lowest BCUT2D eigenvalue weighted by atomic mass is 10.1. The van der Waals surface area contributed by atoms with E-state index in [2.05, 4.69) is 16.0 Å². The lowest BCUT2D eigenvalue weighted by Crippen LogP contribution is -2.29. The van der Waals surface area contributed by atoms with E-state index >= 15 is 0 Å². The van der Waals surface area contributed by atoms with Crippen molar-refractivity contribution < 1.29 is 9.59 Å². The van der Waals surface area contributed by atoms with E-state index < -0.39 is 0 Å². The molecule has 0 radical (unpaired) electrons. The van der Waals surface area contributed by atoms with Gasteiger partial charge in [0.25, 0.3) is 5.91 Å². The molecule has 0 heterocycles. The molecule has 0 bridgehead atoms. The Morgan fingerprint density at radius 1 is 1.32 bits per heavy atom. The van der Waals surface area contributed by atoms with E-state index in [0.29, 0.717) is 23.8 Å². The number of benzene rings is 1. The van der Waals surface area contributed by atoms with E-state index in [1.165, 1.54) is 0 Å². The molecule has 5 nitrogen and oxygen atoms in total. The zero-order valence-electron chi connectivity index (χ0n) is 11.2. The summed E-state index contributed by atoms with van der Waals surface area (Å²) in [6, 6.07) is 5.77. The van der Waals surface area contributed by atoms with Crippen LogP contribution in [0, 0.1) is 6.92 Å². The summed E-state index contributed by atoms with van der Waals surface area (Å²) in [6.45, 7) is 2.21. The Labute approximate surface area is 112 Å². The third-order valence-corrected chi connectivity index (χ3v) is 3.13. The number of carbonyl (C=O) groups is 2. The molecule has 0 saturated heterocycles. The minimum atomic E-state index is -0.161. The minimum Gasteiger partial charge on any atom is -0.355 e. The molecule has 1 aromatic carbocycles. The van der Waals surface area contributed by atoms with Crippen molar-refractivity contribution in [2.45, 2.75) is 25.8 Å². The SMILES string of the molecule is CNC(=O)c1ccc(C)c(NC(=O)CNC2CC2)c1. The van der Waals surface area contributed by atoms with Gasteiger partial charge < -0.3 is 16.0 Å². The van der Waals surface area contributed by atoms with E-state index in [9.17, 15) is 9.59 Å². The van der Waals surface area contributed by atoms with E-state index in [1.54, 1.807) is 19.2 Å². The second-order valence-corrected chi connectivity index (χ2v) is 4.81. The number of amides is 2. The molecule has 0 atom stereocenters. The number of anilines is 1. The molecule has 1 aliphatic rings. The van der Waals surface area contributed by atoms with Gasteiger partial charge in [-0.05, 0) is 37.5 Å². The van der Waals surface area contributed by atoms with Crippen molar-refractivity contribution in [1.82, 2.24) is 10.6 Å². The lowest BCUT2D eigenvalue weighted by molar-refractivity contribution is -0.115. The standard InChI is InChI=1S/C14H19N3O2/c1-9-3-4-10(14(19)15-2)7-12(9)17-13(18)8-16-11-5-6-11/h3-4,7,11,16H,5-6,8H2,1-2H3,(H,15,19)(H,17,18). The van der Waals surface area contributed by atoms with Crippen LogP contribution in [-0.4, -0.2) is 31.4 Å². The largest absolute Gasteiger partial charge is 0.355 e. The Morgan fingerprint density at radius 3 is 2.68 bits per heavy atom. The van der Waals surface area contributed by atoms with E-state index in [0.717, 1.165) is 18.4 Å². The van der Waals surface area contributed by atoms with Crippen LogP contribution < -0.4 is 16.0 Å². The fraction of sp³-hybridized carbons (Fsp3) is 0.429. The van der Waals surface area contributed by atoms with Crippen LogP contribution in [0.1, 0.15) is 28.8 Å². The Bertz CT molecular complexity index is 495. The van der Waals surface area contributed by atoms with Gasteiger partial charge in [-0.3, -0.25) is 9.59 Å². The van der Waals surface area contributed by atoms with Gasteiger partial charge in [-0.2, -0.15) is 0 Å². The Kier molecular flexibility index (Phi) is 4.16.